The first kappa shape index (κ1) is 15.0. The van der Waals surface area contributed by atoms with Gasteiger partial charge in [-0.3, -0.25) is 4.79 Å². The number of nitrogens with one attached hydrogen (secondary N) is 1. The summed E-state index contributed by atoms with van der Waals surface area (Å²) in [6.45, 7) is 6.28. The first-order chi connectivity index (χ1) is 8.59. The van der Waals surface area contributed by atoms with Gasteiger partial charge in [-0.05, 0) is 30.5 Å². The molecule has 0 aliphatic carbocycles. The van der Waals surface area contributed by atoms with Crippen molar-refractivity contribution in [3.63, 3.8) is 0 Å². The molecule has 0 bridgehead atoms. The van der Waals surface area contributed by atoms with Gasteiger partial charge in [0.15, 0.2) is 0 Å². The average molecular weight is 270 g/mol. The summed E-state index contributed by atoms with van der Waals surface area (Å²) in [6.07, 6.45) is 0.818. The molecule has 0 fully saturated rings. The van der Waals surface area contributed by atoms with E-state index in [1.807, 2.05) is 0 Å². The summed E-state index contributed by atoms with van der Waals surface area (Å²) in [6, 6.07) is 6.92. The second kappa shape index (κ2) is 8.11. The topological polar surface area (TPSA) is 38.3 Å². The summed E-state index contributed by atoms with van der Waals surface area (Å²) in [5.74, 6) is 0.451. The van der Waals surface area contributed by atoms with Crippen LogP contribution >= 0.6 is 11.6 Å². The fourth-order valence-corrected chi connectivity index (χ4v) is 1.62. The standard InChI is InChI=1S/C14H20ClNO2/c1-11(2)10-18-8-4-7-16-14(17)12-5-3-6-13(15)9-12/h3,5-6,9,11H,4,7-8,10H2,1-2H3,(H,16,17). The molecule has 0 aliphatic rings. The molecule has 1 N–H and O–H groups in total. The lowest BCUT2D eigenvalue weighted by atomic mass is 10.2. The van der Waals surface area contributed by atoms with Gasteiger partial charge < -0.3 is 10.1 Å². The van der Waals surface area contributed by atoms with E-state index in [9.17, 15) is 4.79 Å². The van der Waals surface area contributed by atoms with Crippen molar-refractivity contribution in [2.24, 2.45) is 5.92 Å². The Morgan fingerprint density at radius 1 is 1.44 bits per heavy atom. The SMILES string of the molecule is CC(C)COCCCNC(=O)c1cccc(Cl)c1. The third-order valence-electron chi connectivity index (χ3n) is 2.29. The van der Waals surface area contributed by atoms with Crippen molar-refractivity contribution >= 4 is 17.5 Å². The molecule has 0 heterocycles. The number of ether oxygens (including phenoxy) is 1. The predicted molar refractivity (Wildman–Crippen MR) is 74.1 cm³/mol. The zero-order valence-electron chi connectivity index (χ0n) is 10.9. The van der Waals surface area contributed by atoms with Gasteiger partial charge in [0, 0.05) is 30.3 Å². The fraction of sp³-hybridized carbons (Fsp3) is 0.500. The Morgan fingerprint density at radius 2 is 2.22 bits per heavy atom. The number of halogens is 1. The zero-order chi connectivity index (χ0) is 13.4. The highest BCUT2D eigenvalue weighted by atomic mass is 35.5. The summed E-state index contributed by atoms with van der Waals surface area (Å²) < 4.78 is 5.43. The van der Waals surface area contributed by atoms with Gasteiger partial charge in [-0.15, -0.1) is 0 Å². The second-order valence-electron chi connectivity index (χ2n) is 4.59. The molecule has 1 amide bonds. The van der Waals surface area contributed by atoms with Gasteiger partial charge in [0.25, 0.3) is 5.91 Å². The van der Waals surface area contributed by atoms with Gasteiger partial charge >= 0.3 is 0 Å². The maximum Gasteiger partial charge on any atom is 0.251 e. The molecule has 0 saturated heterocycles. The summed E-state index contributed by atoms with van der Waals surface area (Å²) in [5, 5.41) is 3.41. The van der Waals surface area contributed by atoms with E-state index in [1.54, 1.807) is 24.3 Å². The Bertz CT molecular complexity index is 380. The number of benzene rings is 1. The first-order valence-corrected chi connectivity index (χ1v) is 6.59. The molecular formula is C14H20ClNO2. The smallest absolute Gasteiger partial charge is 0.251 e. The number of rotatable bonds is 7. The molecule has 4 heteroatoms. The number of carbonyl (C=O) groups is 1. The van der Waals surface area contributed by atoms with Crippen LogP contribution in [0.5, 0.6) is 0 Å². The molecule has 100 valence electrons. The van der Waals surface area contributed by atoms with Crippen LogP contribution in [-0.2, 0) is 4.74 Å². The lowest BCUT2D eigenvalue weighted by Crippen LogP contribution is -2.25. The summed E-state index contributed by atoms with van der Waals surface area (Å²) >= 11 is 5.82. The van der Waals surface area contributed by atoms with Crippen molar-refractivity contribution < 1.29 is 9.53 Å². The number of hydrogen-bond acceptors (Lipinski definition) is 2. The summed E-state index contributed by atoms with van der Waals surface area (Å²) in [4.78, 5) is 11.7. The summed E-state index contributed by atoms with van der Waals surface area (Å²) in [7, 11) is 0. The molecule has 0 spiro atoms. The highest BCUT2D eigenvalue weighted by molar-refractivity contribution is 6.30. The number of carbonyl (C=O) groups excluding carboxylic acids is 1. The molecule has 18 heavy (non-hydrogen) atoms. The molecule has 1 rings (SSSR count). The molecule has 3 nitrogen and oxygen atoms in total. The van der Waals surface area contributed by atoms with E-state index in [4.69, 9.17) is 16.3 Å². The van der Waals surface area contributed by atoms with E-state index in [1.165, 1.54) is 0 Å². The zero-order valence-corrected chi connectivity index (χ0v) is 11.7. The maximum absolute atomic E-state index is 11.7. The third-order valence-corrected chi connectivity index (χ3v) is 2.52. The van der Waals surface area contributed by atoms with Crippen molar-refractivity contribution in [1.82, 2.24) is 5.32 Å². The molecule has 0 aromatic heterocycles. The number of amides is 1. The Hall–Kier alpha value is -1.06. The van der Waals surface area contributed by atoms with Crippen LogP contribution in [0, 0.1) is 5.92 Å². The van der Waals surface area contributed by atoms with Crippen LogP contribution in [0.3, 0.4) is 0 Å². The lowest BCUT2D eigenvalue weighted by Gasteiger charge is -2.08. The minimum Gasteiger partial charge on any atom is -0.381 e. The fourth-order valence-electron chi connectivity index (χ4n) is 1.43. The Kier molecular flexibility index (Phi) is 6.76. The molecule has 0 unspecified atom stereocenters. The van der Waals surface area contributed by atoms with E-state index in [0.717, 1.165) is 13.0 Å². The van der Waals surface area contributed by atoms with E-state index in [-0.39, 0.29) is 5.91 Å². The maximum atomic E-state index is 11.7. The minimum atomic E-state index is -0.0960. The predicted octanol–water partition coefficient (Wildman–Crippen LogP) is 3.13. The van der Waals surface area contributed by atoms with Crippen LogP contribution < -0.4 is 5.32 Å². The molecular weight excluding hydrogens is 250 g/mol. The molecule has 1 aromatic rings. The van der Waals surface area contributed by atoms with Crippen molar-refractivity contribution in [2.45, 2.75) is 20.3 Å². The van der Waals surface area contributed by atoms with Crippen LogP contribution in [-0.4, -0.2) is 25.7 Å². The normalized spacial score (nSPS) is 10.7. The largest absolute Gasteiger partial charge is 0.381 e. The van der Waals surface area contributed by atoms with Gasteiger partial charge in [0.2, 0.25) is 0 Å². The van der Waals surface area contributed by atoms with Gasteiger partial charge in [-0.25, -0.2) is 0 Å². The highest BCUT2D eigenvalue weighted by Crippen LogP contribution is 2.10. The van der Waals surface area contributed by atoms with Crippen LogP contribution in [0.4, 0.5) is 0 Å². The van der Waals surface area contributed by atoms with E-state index < -0.39 is 0 Å². The minimum absolute atomic E-state index is 0.0960. The van der Waals surface area contributed by atoms with Crippen LogP contribution in [0.25, 0.3) is 0 Å². The monoisotopic (exact) mass is 269 g/mol. The third kappa shape index (κ3) is 6.03. The Labute approximate surface area is 113 Å². The highest BCUT2D eigenvalue weighted by Gasteiger charge is 2.04. The van der Waals surface area contributed by atoms with Crippen LogP contribution in [0.2, 0.25) is 5.02 Å². The number of hydrogen-bond donors (Lipinski definition) is 1. The van der Waals surface area contributed by atoms with Crippen molar-refractivity contribution in [1.29, 1.82) is 0 Å². The van der Waals surface area contributed by atoms with Crippen LogP contribution in [0.1, 0.15) is 30.6 Å². The molecule has 0 saturated carbocycles. The Balaban J connectivity index is 2.18. The Morgan fingerprint density at radius 3 is 2.89 bits per heavy atom. The summed E-state index contributed by atoms with van der Waals surface area (Å²) in [5.41, 5.74) is 0.589. The molecule has 0 radical (unpaired) electrons. The molecule has 0 aliphatic heterocycles. The van der Waals surface area contributed by atoms with E-state index in [2.05, 4.69) is 19.2 Å². The average Bonchev–Trinajstić information content (AvgIpc) is 2.33. The van der Waals surface area contributed by atoms with Crippen molar-refractivity contribution in [2.75, 3.05) is 19.8 Å². The van der Waals surface area contributed by atoms with Crippen LogP contribution in [0.15, 0.2) is 24.3 Å². The quantitative estimate of drug-likeness (QED) is 0.773. The van der Waals surface area contributed by atoms with Gasteiger partial charge in [0.1, 0.15) is 0 Å². The van der Waals surface area contributed by atoms with Crippen molar-refractivity contribution in [3.05, 3.63) is 34.9 Å². The lowest BCUT2D eigenvalue weighted by molar-refractivity contribution is 0.0925. The van der Waals surface area contributed by atoms with E-state index >= 15 is 0 Å². The molecule has 1 aromatic carbocycles. The van der Waals surface area contributed by atoms with Gasteiger partial charge in [0.05, 0.1) is 0 Å². The van der Waals surface area contributed by atoms with Gasteiger partial charge in [-0.1, -0.05) is 31.5 Å². The van der Waals surface area contributed by atoms with Gasteiger partial charge in [-0.2, -0.15) is 0 Å². The first-order valence-electron chi connectivity index (χ1n) is 6.21. The second-order valence-corrected chi connectivity index (χ2v) is 5.02. The van der Waals surface area contributed by atoms with E-state index in [0.29, 0.717) is 29.7 Å². The molecule has 0 atom stereocenters. The van der Waals surface area contributed by atoms with Crippen molar-refractivity contribution in [3.8, 4) is 0 Å².